The Kier molecular flexibility index (Phi) is 5.11. The van der Waals surface area contributed by atoms with Crippen molar-refractivity contribution < 1.29 is 4.79 Å². The van der Waals surface area contributed by atoms with E-state index in [2.05, 4.69) is 43.8 Å². The predicted molar refractivity (Wildman–Crippen MR) is 91.3 cm³/mol. The Labute approximate surface area is 142 Å². The highest BCUT2D eigenvalue weighted by Gasteiger charge is 2.10. The second kappa shape index (κ2) is 6.43. The van der Waals surface area contributed by atoms with Crippen molar-refractivity contribution in [3.05, 3.63) is 60.0 Å². The fourth-order valence-electron chi connectivity index (χ4n) is 1.43. The number of hydrogen-bond acceptors (Lipinski definition) is 1. The van der Waals surface area contributed by atoms with Gasteiger partial charge in [0.15, 0.2) is 0 Å². The number of carbonyl (C=O) groups excluding carboxylic acids is 1. The number of halogens is 4. The molecule has 0 atom stereocenters. The van der Waals surface area contributed by atoms with Crippen LogP contribution in [0.1, 0.15) is 10.4 Å². The molecule has 0 aliphatic carbocycles. The number of benzene rings is 2. The second-order valence-electron chi connectivity index (χ2n) is 3.71. The summed E-state index contributed by atoms with van der Waals surface area (Å²) < 4.78 is 1.74. The number of amides is 1. The van der Waals surface area contributed by atoms with Gasteiger partial charge in [-0.1, -0.05) is 39.1 Å². The minimum atomic E-state index is -0.252. The third kappa shape index (κ3) is 3.84. The SMILES string of the molecule is O=C(Nc1cc(Br)ccc1Cl)c1ccc(I)c(Cl)c1. The molecule has 0 heterocycles. The average Bonchev–Trinajstić information content (AvgIpc) is 2.37. The van der Waals surface area contributed by atoms with Gasteiger partial charge in [0.25, 0.3) is 5.91 Å². The van der Waals surface area contributed by atoms with Gasteiger partial charge in [-0.2, -0.15) is 0 Å². The Hall–Kier alpha value is -0.300. The molecule has 0 bridgehead atoms. The summed E-state index contributed by atoms with van der Waals surface area (Å²) in [4.78, 5) is 12.1. The molecule has 2 nitrogen and oxygen atoms in total. The van der Waals surface area contributed by atoms with E-state index in [0.717, 1.165) is 8.04 Å². The maximum atomic E-state index is 12.1. The van der Waals surface area contributed by atoms with E-state index in [0.29, 0.717) is 21.3 Å². The molecule has 0 aliphatic heterocycles. The molecule has 0 saturated heterocycles. The lowest BCUT2D eigenvalue weighted by Gasteiger charge is -2.08. The standard InChI is InChI=1S/C13H7BrCl2INO/c14-8-2-3-9(15)12(6-8)18-13(19)7-1-4-11(17)10(16)5-7/h1-6H,(H,18,19). The third-order valence-electron chi connectivity index (χ3n) is 2.36. The smallest absolute Gasteiger partial charge is 0.255 e. The van der Waals surface area contributed by atoms with E-state index >= 15 is 0 Å². The Morgan fingerprint density at radius 1 is 1.11 bits per heavy atom. The van der Waals surface area contributed by atoms with Gasteiger partial charge in [0.2, 0.25) is 0 Å². The van der Waals surface area contributed by atoms with Crippen molar-refractivity contribution in [1.29, 1.82) is 0 Å². The van der Waals surface area contributed by atoms with Gasteiger partial charge >= 0.3 is 0 Å². The molecular formula is C13H7BrCl2INO. The van der Waals surface area contributed by atoms with Crippen LogP contribution in [0.2, 0.25) is 10.0 Å². The van der Waals surface area contributed by atoms with Gasteiger partial charge in [0, 0.05) is 13.6 Å². The minimum Gasteiger partial charge on any atom is -0.321 e. The van der Waals surface area contributed by atoms with Gasteiger partial charge < -0.3 is 5.32 Å². The van der Waals surface area contributed by atoms with Crippen molar-refractivity contribution in [2.24, 2.45) is 0 Å². The fraction of sp³-hybridized carbons (Fsp3) is 0. The van der Waals surface area contributed by atoms with Gasteiger partial charge in [-0.3, -0.25) is 4.79 Å². The Morgan fingerprint density at radius 2 is 1.84 bits per heavy atom. The van der Waals surface area contributed by atoms with E-state index in [1.54, 1.807) is 36.4 Å². The van der Waals surface area contributed by atoms with Crippen LogP contribution in [0.25, 0.3) is 0 Å². The first-order chi connectivity index (χ1) is 8.97. The van der Waals surface area contributed by atoms with Crippen molar-refractivity contribution in [2.75, 3.05) is 5.32 Å². The molecule has 0 aromatic heterocycles. The zero-order valence-corrected chi connectivity index (χ0v) is 14.6. The first-order valence-corrected chi connectivity index (χ1v) is 7.81. The fourth-order valence-corrected chi connectivity index (χ4v) is 2.47. The van der Waals surface area contributed by atoms with E-state index in [9.17, 15) is 4.79 Å². The van der Waals surface area contributed by atoms with Gasteiger partial charge in [-0.05, 0) is 59.0 Å². The highest BCUT2D eigenvalue weighted by atomic mass is 127. The molecule has 0 spiro atoms. The topological polar surface area (TPSA) is 29.1 Å². The number of nitrogens with one attached hydrogen (secondary N) is 1. The quantitative estimate of drug-likeness (QED) is 0.568. The van der Waals surface area contributed by atoms with Crippen LogP contribution in [0.4, 0.5) is 5.69 Å². The molecule has 19 heavy (non-hydrogen) atoms. The molecule has 98 valence electrons. The van der Waals surface area contributed by atoms with Crippen molar-refractivity contribution in [2.45, 2.75) is 0 Å². The maximum Gasteiger partial charge on any atom is 0.255 e. The summed E-state index contributed by atoms with van der Waals surface area (Å²) in [5.41, 5.74) is 1.04. The molecule has 0 saturated carbocycles. The van der Waals surface area contributed by atoms with E-state index in [-0.39, 0.29) is 5.91 Å². The van der Waals surface area contributed by atoms with Crippen LogP contribution in [-0.2, 0) is 0 Å². The van der Waals surface area contributed by atoms with Crippen LogP contribution in [0.3, 0.4) is 0 Å². The molecule has 0 aliphatic rings. The van der Waals surface area contributed by atoms with Crippen LogP contribution >= 0.6 is 61.7 Å². The number of rotatable bonds is 2. The van der Waals surface area contributed by atoms with E-state index in [1.165, 1.54) is 0 Å². The monoisotopic (exact) mass is 469 g/mol. The van der Waals surface area contributed by atoms with Crippen molar-refractivity contribution >= 4 is 73.3 Å². The van der Waals surface area contributed by atoms with E-state index in [4.69, 9.17) is 23.2 Å². The second-order valence-corrected chi connectivity index (χ2v) is 6.60. The summed E-state index contributed by atoms with van der Waals surface area (Å²) >= 11 is 17.5. The van der Waals surface area contributed by atoms with Crippen LogP contribution in [0, 0.1) is 3.57 Å². The average molecular weight is 471 g/mol. The summed E-state index contributed by atoms with van der Waals surface area (Å²) in [5, 5.41) is 3.78. The summed E-state index contributed by atoms with van der Waals surface area (Å²) in [6, 6.07) is 10.4. The molecule has 0 radical (unpaired) electrons. The number of anilines is 1. The van der Waals surface area contributed by atoms with E-state index in [1.807, 2.05) is 0 Å². The number of hydrogen-bond donors (Lipinski definition) is 1. The van der Waals surface area contributed by atoms with Crippen molar-refractivity contribution in [3.63, 3.8) is 0 Å². The number of carbonyl (C=O) groups is 1. The zero-order chi connectivity index (χ0) is 14.0. The van der Waals surface area contributed by atoms with Gasteiger partial charge in [-0.15, -0.1) is 0 Å². The van der Waals surface area contributed by atoms with Crippen molar-refractivity contribution in [1.82, 2.24) is 0 Å². The summed E-state index contributed by atoms with van der Waals surface area (Å²) in [6.07, 6.45) is 0. The summed E-state index contributed by atoms with van der Waals surface area (Å²) in [6.45, 7) is 0. The molecule has 0 fully saturated rings. The molecule has 2 aromatic carbocycles. The van der Waals surface area contributed by atoms with Gasteiger partial charge in [0.05, 0.1) is 15.7 Å². The lowest BCUT2D eigenvalue weighted by atomic mass is 10.2. The molecular weight excluding hydrogens is 464 g/mol. The van der Waals surface area contributed by atoms with E-state index < -0.39 is 0 Å². The van der Waals surface area contributed by atoms with Crippen LogP contribution in [0.15, 0.2) is 40.9 Å². The van der Waals surface area contributed by atoms with Crippen molar-refractivity contribution in [3.8, 4) is 0 Å². The molecule has 1 N–H and O–H groups in total. The normalized spacial score (nSPS) is 10.3. The van der Waals surface area contributed by atoms with Crippen LogP contribution < -0.4 is 5.32 Å². The van der Waals surface area contributed by atoms with Gasteiger partial charge in [0.1, 0.15) is 0 Å². The molecule has 2 rings (SSSR count). The molecule has 6 heteroatoms. The molecule has 1 amide bonds. The predicted octanol–water partition coefficient (Wildman–Crippen LogP) is 5.61. The molecule has 0 unspecified atom stereocenters. The minimum absolute atomic E-state index is 0.252. The Morgan fingerprint density at radius 3 is 2.53 bits per heavy atom. The highest BCUT2D eigenvalue weighted by Crippen LogP contribution is 2.26. The Bertz CT molecular complexity index is 649. The first kappa shape index (κ1) is 15.1. The first-order valence-electron chi connectivity index (χ1n) is 5.19. The van der Waals surface area contributed by atoms with Gasteiger partial charge in [-0.25, -0.2) is 0 Å². The third-order valence-corrected chi connectivity index (χ3v) is 4.75. The highest BCUT2D eigenvalue weighted by molar-refractivity contribution is 14.1. The largest absolute Gasteiger partial charge is 0.321 e. The van der Waals surface area contributed by atoms with Crippen LogP contribution in [0.5, 0.6) is 0 Å². The summed E-state index contributed by atoms with van der Waals surface area (Å²) in [5.74, 6) is -0.252. The summed E-state index contributed by atoms with van der Waals surface area (Å²) in [7, 11) is 0. The maximum absolute atomic E-state index is 12.1. The molecule has 2 aromatic rings. The van der Waals surface area contributed by atoms with Crippen LogP contribution in [-0.4, -0.2) is 5.91 Å². The Balaban J connectivity index is 2.25. The lowest BCUT2D eigenvalue weighted by molar-refractivity contribution is 0.102. The zero-order valence-electron chi connectivity index (χ0n) is 9.38. The lowest BCUT2D eigenvalue weighted by Crippen LogP contribution is -2.12.